The van der Waals surface area contributed by atoms with Crippen LogP contribution in [0.1, 0.15) is 5.69 Å². The molecular formula is C18H14ClN3S. The molecule has 0 fully saturated rings. The number of nitrogens with zero attached hydrogens (tertiary/aromatic N) is 2. The molecule has 114 valence electrons. The number of hydrogen-bond acceptors (Lipinski definition) is 4. The summed E-state index contributed by atoms with van der Waals surface area (Å²) in [5, 5.41) is 4.12. The summed E-state index contributed by atoms with van der Waals surface area (Å²) in [7, 11) is 0. The van der Waals surface area contributed by atoms with Crippen LogP contribution in [0.5, 0.6) is 0 Å². The largest absolute Gasteiger partial charge is 0.339 e. The Labute approximate surface area is 144 Å². The lowest BCUT2D eigenvalue weighted by Crippen LogP contribution is -2.02. The molecule has 0 saturated carbocycles. The molecule has 0 amide bonds. The van der Waals surface area contributed by atoms with Crippen LogP contribution in [0.3, 0.4) is 0 Å². The summed E-state index contributed by atoms with van der Waals surface area (Å²) >= 11 is 7.91. The Balaban J connectivity index is 1.79. The predicted molar refractivity (Wildman–Crippen MR) is 96.6 cm³/mol. The van der Waals surface area contributed by atoms with Gasteiger partial charge in [-0.1, -0.05) is 41.9 Å². The highest BCUT2D eigenvalue weighted by Gasteiger charge is 2.21. The Morgan fingerprint density at radius 2 is 1.87 bits per heavy atom. The molecule has 0 radical (unpaired) electrons. The third kappa shape index (κ3) is 3.05. The topological polar surface area (TPSA) is 37.8 Å². The van der Waals surface area contributed by atoms with E-state index in [0.717, 1.165) is 39.8 Å². The number of benzene rings is 2. The number of aryl methyl sites for hydroxylation is 1. The monoisotopic (exact) mass is 339 g/mol. The lowest BCUT2D eigenvalue weighted by Gasteiger charge is -2.12. The van der Waals surface area contributed by atoms with Gasteiger partial charge in [0.05, 0.1) is 10.6 Å². The predicted octanol–water partition coefficient (Wildman–Crippen LogP) is 5.19. The van der Waals surface area contributed by atoms with Crippen molar-refractivity contribution >= 4 is 34.9 Å². The fraction of sp³-hybridized carbons (Fsp3) is 0.111. The summed E-state index contributed by atoms with van der Waals surface area (Å²) in [5.41, 5.74) is 3.07. The number of nitrogens with one attached hydrogen (secondary N) is 1. The summed E-state index contributed by atoms with van der Waals surface area (Å²) in [4.78, 5) is 10.6. The first-order valence-corrected chi connectivity index (χ1v) is 8.78. The van der Waals surface area contributed by atoms with Gasteiger partial charge in [0.2, 0.25) is 0 Å². The van der Waals surface area contributed by atoms with Gasteiger partial charge < -0.3 is 5.32 Å². The molecule has 0 atom stereocenters. The third-order valence-electron chi connectivity index (χ3n) is 3.64. The van der Waals surface area contributed by atoms with Crippen LogP contribution in [0, 0.1) is 0 Å². The second kappa shape index (κ2) is 6.22. The van der Waals surface area contributed by atoms with E-state index in [1.165, 1.54) is 0 Å². The van der Waals surface area contributed by atoms with Crippen LogP contribution < -0.4 is 5.32 Å². The maximum absolute atomic E-state index is 6.11. The maximum atomic E-state index is 6.11. The van der Waals surface area contributed by atoms with Crippen molar-refractivity contribution in [3.05, 3.63) is 65.3 Å². The van der Waals surface area contributed by atoms with E-state index in [0.29, 0.717) is 10.8 Å². The van der Waals surface area contributed by atoms with Crippen LogP contribution in [-0.4, -0.2) is 15.7 Å². The number of aromatic nitrogens is 2. The van der Waals surface area contributed by atoms with Crippen molar-refractivity contribution in [3.63, 3.8) is 0 Å². The minimum absolute atomic E-state index is 0.693. The quantitative estimate of drug-likeness (QED) is 0.712. The van der Waals surface area contributed by atoms with Gasteiger partial charge in [-0.05, 0) is 24.3 Å². The highest BCUT2D eigenvalue weighted by atomic mass is 35.5. The van der Waals surface area contributed by atoms with Crippen molar-refractivity contribution in [1.82, 2.24) is 9.97 Å². The van der Waals surface area contributed by atoms with E-state index < -0.39 is 0 Å². The second-order valence-electron chi connectivity index (χ2n) is 5.27. The van der Waals surface area contributed by atoms with Crippen molar-refractivity contribution in [2.45, 2.75) is 11.3 Å². The van der Waals surface area contributed by atoms with Crippen LogP contribution >= 0.6 is 23.4 Å². The summed E-state index contributed by atoms with van der Waals surface area (Å²) in [5.74, 6) is 2.64. The molecule has 3 aromatic rings. The fourth-order valence-electron chi connectivity index (χ4n) is 2.57. The molecule has 0 aliphatic carbocycles. The van der Waals surface area contributed by atoms with E-state index in [4.69, 9.17) is 21.6 Å². The highest BCUT2D eigenvalue weighted by molar-refractivity contribution is 7.99. The van der Waals surface area contributed by atoms with Gasteiger partial charge in [-0.2, -0.15) is 0 Å². The molecule has 3 nitrogen and oxygen atoms in total. The van der Waals surface area contributed by atoms with E-state index in [1.807, 2.05) is 66.4 Å². The molecule has 1 aliphatic heterocycles. The number of halogens is 1. The highest BCUT2D eigenvalue weighted by Crippen LogP contribution is 2.38. The fourth-order valence-corrected chi connectivity index (χ4v) is 3.80. The lowest BCUT2D eigenvalue weighted by molar-refractivity contribution is 0.987. The van der Waals surface area contributed by atoms with Crippen molar-refractivity contribution in [1.29, 1.82) is 0 Å². The second-order valence-corrected chi connectivity index (χ2v) is 6.81. The van der Waals surface area contributed by atoms with Crippen LogP contribution in [-0.2, 0) is 6.42 Å². The molecule has 0 saturated heterocycles. The van der Waals surface area contributed by atoms with Crippen LogP contribution in [0.4, 0.5) is 11.5 Å². The number of thioether (sulfide) groups is 1. The van der Waals surface area contributed by atoms with Crippen molar-refractivity contribution in [3.8, 4) is 11.4 Å². The van der Waals surface area contributed by atoms with E-state index in [-0.39, 0.29) is 0 Å². The summed E-state index contributed by atoms with van der Waals surface area (Å²) < 4.78 is 0. The molecule has 0 unspecified atom stereocenters. The zero-order valence-corrected chi connectivity index (χ0v) is 13.9. The lowest BCUT2D eigenvalue weighted by atomic mass is 10.2. The summed E-state index contributed by atoms with van der Waals surface area (Å²) in [6.45, 7) is 0. The van der Waals surface area contributed by atoms with Gasteiger partial charge in [-0.15, -0.1) is 11.8 Å². The Morgan fingerprint density at radius 3 is 2.70 bits per heavy atom. The average molecular weight is 340 g/mol. The molecule has 1 aromatic heterocycles. The molecule has 1 aliphatic rings. The maximum Gasteiger partial charge on any atom is 0.161 e. The molecule has 0 bridgehead atoms. The Kier molecular flexibility index (Phi) is 3.93. The number of fused-ring (bicyclic) bond motifs is 1. The molecule has 5 heteroatoms. The molecule has 0 spiro atoms. The summed E-state index contributed by atoms with van der Waals surface area (Å²) in [6, 6.07) is 17.8. The normalized spacial score (nSPS) is 12.9. The first kappa shape index (κ1) is 14.5. The van der Waals surface area contributed by atoms with E-state index in [9.17, 15) is 0 Å². The first-order valence-electron chi connectivity index (χ1n) is 7.41. The smallest absolute Gasteiger partial charge is 0.161 e. The summed E-state index contributed by atoms with van der Waals surface area (Å²) in [6.07, 6.45) is 0.972. The standard InChI is InChI=1S/C18H14ClN3S/c19-13-6-4-5-12(11-13)17-21-15-9-10-23-16(15)18(22-17)20-14-7-2-1-3-8-14/h1-8,11H,9-10H2,(H,20,21,22). The minimum Gasteiger partial charge on any atom is -0.339 e. The van der Waals surface area contributed by atoms with Gasteiger partial charge in [-0.3, -0.25) is 0 Å². The number of hydrogen-bond donors (Lipinski definition) is 1. The molecule has 2 heterocycles. The van der Waals surface area contributed by atoms with Crippen molar-refractivity contribution < 1.29 is 0 Å². The van der Waals surface area contributed by atoms with Gasteiger partial charge in [0.25, 0.3) is 0 Å². The van der Waals surface area contributed by atoms with E-state index in [1.54, 1.807) is 0 Å². The van der Waals surface area contributed by atoms with E-state index in [2.05, 4.69) is 5.32 Å². The van der Waals surface area contributed by atoms with Crippen LogP contribution in [0.2, 0.25) is 5.02 Å². The van der Waals surface area contributed by atoms with Gasteiger partial charge in [0.15, 0.2) is 5.82 Å². The zero-order chi connectivity index (χ0) is 15.6. The Hall–Kier alpha value is -2.04. The van der Waals surface area contributed by atoms with Gasteiger partial charge >= 0.3 is 0 Å². The van der Waals surface area contributed by atoms with Gasteiger partial charge in [0, 0.05) is 28.4 Å². The molecule has 4 rings (SSSR count). The Morgan fingerprint density at radius 1 is 1.00 bits per heavy atom. The molecule has 2 aromatic carbocycles. The molecule has 23 heavy (non-hydrogen) atoms. The van der Waals surface area contributed by atoms with Gasteiger partial charge in [-0.25, -0.2) is 9.97 Å². The van der Waals surface area contributed by atoms with Crippen molar-refractivity contribution in [2.24, 2.45) is 0 Å². The van der Waals surface area contributed by atoms with Crippen LogP contribution in [0.15, 0.2) is 59.5 Å². The first-order chi connectivity index (χ1) is 11.3. The number of anilines is 2. The SMILES string of the molecule is Clc1cccc(-c2nc3c(c(Nc4ccccc4)n2)SCC3)c1. The number of para-hydroxylation sites is 1. The minimum atomic E-state index is 0.693. The van der Waals surface area contributed by atoms with Gasteiger partial charge in [0.1, 0.15) is 5.82 Å². The third-order valence-corrected chi connectivity index (χ3v) is 5.00. The molecule has 1 N–H and O–H groups in total. The van der Waals surface area contributed by atoms with E-state index >= 15 is 0 Å². The van der Waals surface area contributed by atoms with Crippen LogP contribution in [0.25, 0.3) is 11.4 Å². The number of rotatable bonds is 3. The van der Waals surface area contributed by atoms with Crippen molar-refractivity contribution in [2.75, 3.05) is 11.1 Å². The average Bonchev–Trinajstić information content (AvgIpc) is 3.05. The molecular weight excluding hydrogens is 326 g/mol. The Bertz CT molecular complexity index is 852. The zero-order valence-electron chi connectivity index (χ0n) is 12.3.